The SMILES string of the molecule is CCCCCCCCCCCCCC(=O)N[C@@H](CO[C@@H]1O[C@H](CO)[C@H](O)[C@H](O)[C@H]1O)C(=O)OCCCCCCCCCCCC. The van der Waals surface area contributed by atoms with Gasteiger partial charge in [-0.25, -0.2) is 4.79 Å². The predicted molar refractivity (Wildman–Crippen MR) is 176 cm³/mol. The maximum absolute atomic E-state index is 12.9. The molecule has 1 saturated heterocycles. The molecule has 1 amide bonds. The fourth-order valence-corrected chi connectivity index (χ4v) is 5.64. The van der Waals surface area contributed by atoms with Crippen LogP contribution in [0.4, 0.5) is 0 Å². The van der Waals surface area contributed by atoms with Gasteiger partial charge in [0.25, 0.3) is 0 Å². The van der Waals surface area contributed by atoms with Gasteiger partial charge in [-0.15, -0.1) is 0 Å². The Morgan fingerprint density at radius 3 is 1.62 bits per heavy atom. The fourth-order valence-electron chi connectivity index (χ4n) is 5.64. The Balaban J connectivity index is 2.45. The maximum Gasteiger partial charge on any atom is 0.331 e. The van der Waals surface area contributed by atoms with Crippen molar-refractivity contribution in [1.82, 2.24) is 5.32 Å². The van der Waals surface area contributed by atoms with E-state index in [-0.39, 0.29) is 25.5 Å². The summed E-state index contributed by atoms with van der Waals surface area (Å²) in [6.45, 7) is 3.73. The zero-order chi connectivity index (χ0) is 33.1. The van der Waals surface area contributed by atoms with Crippen LogP contribution in [0.3, 0.4) is 0 Å². The van der Waals surface area contributed by atoms with Crippen LogP contribution in [0, 0.1) is 0 Å². The molecule has 0 aromatic rings. The van der Waals surface area contributed by atoms with Crippen molar-refractivity contribution in [3.05, 3.63) is 0 Å². The van der Waals surface area contributed by atoms with E-state index in [9.17, 15) is 30.0 Å². The number of esters is 1. The van der Waals surface area contributed by atoms with E-state index in [4.69, 9.17) is 14.2 Å². The van der Waals surface area contributed by atoms with E-state index >= 15 is 0 Å². The molecule has 0 aliphatic carbocycles. The number of carbonyl (C=O) groups excluding carboxylic acids is 2. The number of unbranched alkanes of at least 4 members (excludes halogenated alkanes) is 19. The molecule has 0 aromatic heterocycles. The lowest BCUT2D eigenvalue weighted by atomic mass is 9.99. The van der Waals surface area contributed by atoms with Crippen molar-refractivity contribution < 1.29 is 44.2 Å². The summed E-state index contributed by atoms with van der Waals surface area (Å²) < 4.78 is 16.4. The summed E-state index contributed by atoms with van der Waals surface area (Å²) in [5.41, 5.74) is 0. The van der Waals surface area contributed by atoms with Crippen molar-refractivity contribution in [3.8, 4) is 0 Å². The molecule has 1 fully saturated rings. The summed E-state index contributed by atoms with van der Waals surface area (Å²) in [5.74, 6) is -0.924. The largest absolute Gasteiger partial charge is 0.464 e. The van der Waals surface area contributed by atoms with E-state index in [1.807, 2.05) is 0 Å². The van der Waals surface area contributed by atoms with Gasteiger partial charge in [0.1, 0.15) is 24.4 Å². The topological polar surface area (TPSA) is 155 Å². The van der Waals surface area contributed by atoms with Crippen LogP contribution in [-0.2, 0) is 23.8 Å². The standard InChI is InChI=1S/C35H67NO9/c1-3-5-7-9-11-13-15-16-18-20-22-24-30(38)36-28(27-44-35-33(41)32(40)31(39)29(26-37)45-35)34(42)43-25-23-21-19-17-14-12-10-8-6-4-2/h28-29,31-33,35,37,39-41H,3-27H2,1-2H3,(H,36,38)/t28-,29+,31-,32-,33+,35+/m0/s1. The molecule has 5 N–H and O–H groups in total. The number of hydrogen-bond acceptors (Lipinski definition) is 9. The number of nitrogens with one attached hydrogen (secondary N) is 1. The first-order valence-electron chi connectivity index (χ1n) is 18.2. The smallest absolute Gasteiger partial charge is 0.331 e. The van der Waals surface area contributed by atoms with Crippen molar-refractivity contribution >= 4 is 11.9 Å². The second-order valence-corrected chi connectivity index (χ2v) is 12.8. The summed E-state index contributed by atoms with van der Waals surface area (Å²) in [4.78, 5) is 25.7. The fraction of sp³-hybridized carbons (Fsp3) is 0.943. The van der Waals surface area contributed by atoms with Gasteiger partial charge in [-0.05, 0) is 12.8 Å². The van der Waals surface area contributed by atoms with Gasteiger partial charge in [-0.1, -0.05) is 136 Å². The molecule has 0 saturated carbocycles. The summed E-state index contributed by atoms with van der Waals surface area (Å²) in [6, 6.07) is -1.12. The normalized spacial score (nSPS) is 22.3. The van der Waals surface area contributed by atoms with Gasteiger partial charge >= 0.3 is 5.97 Å². The summed E-state index contributed by atoms with van der Waals surface area (Å²) >= 11 is 0. The Labute approximate surface area is 273 Å². The third kappa shape index (κ3) is 19.8. The molecular weight excluding hydrogens is 578 g/mol. The molecule has 266 valence electrons. The highest BCUT2D eigenvalue weighted by molar-refractivity contribution is 5.84. The molecule has 10 nitrogen and oxygen atoms in total. The molecule has 1 heterocycles. The summed E-state index contributed by atoms with van der Waals surface area (Å²) in [7, 11) is 0. The highest BCUT2D eigenvalue weighted by Crippen LogP contribution is 2.22. The van der Waals surface area contributed by atoms with Crippen LogP contribution >= 0.6 is 0 Å². The highest BCUT2D eigenvalue weighted by Gasteiger charge is 2.44. The average Bonchev–Trinajstić information content (AvgIpc) is 3.04. The van der Waals surface area contributed by atoms with Crippen LogP contribution in [0.1, 0.15) is 155 Å². The second-order valence-electron chi connectivity index (χ2n) is 12.8. The van der Waals surface area contributed by atoms with Crippen LogP contribution in [0.2, 0.25) is 0 Å². The van der Waals surface area contributed by atoms with Crippen molar-refractivity contribution in [2.45, 2.75) is 192 Å². The maximum atomic E-state index is 12.9. The van der Waals surface area contributed by atoms with Gasteiger partial charge in [0.2, 0.25) is 5.91 Å². The van der Waals surface area contributed by atoms with E-state index < -0.39 is 49.3 Å². The first kappa shape index (κ1) is 41.7. The third-order valence-electron chi connectivity index (χ3n) is 8.64. The van der Waals surface area contributed by atoms with Crippen molar-refractivity contribution in [2.24, 2.45) is 0 Å². The van der Waals surface area contributed by atoms with Crippen LogP contribution in [0.25, 0.3) is 0 Å². The Kier molecular flexibility index (Phi) is 25.8. The molecule has 45 heavy (non-hydrogen) atoms. The molecular formula is C35H67NO9. The molecule has 0 spiro atoms. The van der Waals surface area contributed by atoms with E-state index in [2.05, 4.69) is 19.2 Å². The minimum Gasteiger partial charge on any atom is -0.464 e. The average molecular weight is 646 g/mol. The van der Waals surface area contributed by atoms with Crippen LogP contribution in [0.15, 0.2) is 0 Å². The lowest BCUT2D eigenvalue weighted by Gasteiger charge is -2.39. The first-order chi connectivity index (χ1) is 21.8. The minimum absolute atomic E-state index is 0.236. The van der Waals surface area contributed by atoms with Gasteiger partial charge in [-0.3, -0.25) is 4.79 Å². The molecule has 0 bridgehead atoms. The van der Waals surface area contributed by atoms with Gasteiger partial charge in [0, 0.05) is 6.42 Å². The van der Waals surface area contributed by atoms with Crippen LogP contribution in [-0.4, -0.2) is 88.9 Å². The van der Waals surface area contributed by atoms with Gasteiger partial charge in [-0.2, -0.15) is 0 Å². The Morgan fingerprint density at radius 2 is 1.13 bits per heavy atom. The molecule has 0 aromatic carbocycles. The minimum atomic E-state index is -1.60. The number of ether oxygens (including phenoxy) is 3. The quantitative estimate of drug-likeness (QED) is 0.0527. The lowest BCUT2D eigenvalue weighted by Crippen LogP contribution is -2.59. The zero-order valence-electron chi connectivity index (χ0n) is 28.5. The molecule has 1 aliphatic rings. The molecule has 6 atom stereocenters. The summed E-state index contributed by atoms with van der Waals surface area (Å²) in [6.07, 6.45) is 17.5. The Bertz CT molecular complexity index is 723. The second kappa shape index (κ2) is 27.8. The van der Waals surface area contributed by atoms with Crippen molar-refractivity contribution in [2.75, 3.05) is 19.8 Å². The summed E-state index contributed by atoms with van der Waals surface area (Å²) in [5, 5.41) is 42.5. The van der Waals surface area contributed by atoms with Crippen LogP contribution < -0.4 is 5.32 Å². The van der Waals surface area contributed by atoms with Crippen molar-refractivity contribution in [1.29, 1.82) is 0 Å². The molecule has 1 aliphatic heterocycles. The van der Waals surface area contributed by atoms with E-state index in [0.717, 1.165) is 44.9 Å². The number of aliphatic hydroxyl groups excluding tert-OH is 4. The lowest BCUT2D eigenvalue weighted by molar-refractivity contribution is -0.301. The van der Waals surface area contributed by atoms with Crippen LogP contribution in [0.5, 0.6) is 0 Å². The Morgan fingerprint density at radius 1 is 0.667 bits per heavy atom. The first-order valence-corrected chi connectivity index (χ1v) is 18.2. The van der Waals surface area contributed by atoms with E-state index in [1.54, 1.807) is 0 Å². The van der Waals surface area contributed by atoms with Crippen molar-refractivity contribution in [3.63, 3.8) is 0 Å². The predicted octanol–water partition coefficient (Wildman–Crippen LogP) is 5.45. The number of hydrogen-bond donors (Lipinski definition) is 5. The molecule has 0 radical (unpaired) electrons. The number of rotatable bonds is 29. The van der Waals surface area contributed by atoms with Gasteiger partial charge < -0.3 is 40.0 Å². The number of amides is 1. The van der Waals surface area contributed by atoms with E-state index in [1.165, 1.54) is 89.9 Å². The monoisotopic (exact) mass is 645 g/mol. The number of carbonyl (C=O) groups is 2. The third-order valence-corrected chi connectivity index (χ3v) is 8.64. The van der Waals surface area contributed by atoms with Gasteiger partial charge in [0.05, 0.1) is 19.8 Å². The zero-order valence-corrected chi connectivity index (χ0v) is 28.5. The van der Waals surface area contributed by atoms with Gasteiger partial charge in [0.15, 0.2) is 12.3 Å². The number of aliphatic hydroxyl groups is 4. The van der Waals surface area contributed by atoms with E-state index in [0.29, 0.717) is 0 Å². The molecule has 10 heteroatoms. The highest BCUT2D eigenvalue weighted by atomic mass is 16.7. The Hall–Kier alpha value is -1.30. The molecule has 1 rings (SSSR count). The molecule has 0 unspecified atom stereocenters.